The number of hydrogen-bond acceptors (Lipinski definition) is 3. The molecule has 126 valence electrons. The van der Waals surface area contributed by atoms with Crippen LogP contribution in [0.5, 0.6) is 0 Å². The maximum atomic E-state index is 13.9. The molecule has 0 N–H and O–H groups in total. The topological polar surface area (TPSA) is 50.5 Å². The van der Waals surface area contributed by atoms with E-state index in [9.17, 15) is 17.2 Å². The Hall–Kier alpha value is -2.25. The van der Waals surface area contributed by atoms with Crippen LogP contribution in [0.25, 0.3) is 11.0 Å². The van der Waals surface area contributed by atoms with E-state index in [0.717, 1.165) is 27.9 Å². The lowest BCUT2D eigenvalue weighted by molar-refractivity contribution is 0.344. The van der Waals surface area contributed by atoms with Crippen LogP contribution in [0.2, 0.25) is 0 Å². The number of benzene rings is 2. The molecule has 4 nitrogen and oxygen atoms in total. The Bertz CT molecular complexity index is 945. The first-order valence-electron chi connectivity index (χ1n) is 7.23. The third-order valence-corrected chi connectivity index (χ3v) is 5.94. The van der Waals surface area contributed by atoms with Crippen molar-refractivity contribution < 1.29 is 21.6 Å². The molecule has 0 aliphatic rings. The summed E-state index contributed by atoms with van der Waals surface area (Å²) in [6, 6.07) is 11.1. The van der Waals surface area contributed by atoms with Crippen LogP contribution in [0.1, 0.15) is 18.7 Å². The Balaban J connectivity index is 2.02. The van der Waals surface area contributed by atoms with Crippen LogP contribution in [0, 0.1) is 11.6 Å². The predicted octanol–water partition coefficient (Wildman–Crippen LogP) is 4.09. The minimum atomic E-state index is -4.36. The van der Waals surface area contributed by atoms with E-state index in [-0.39, 0.29) is 0 Å². The van der Waals surface area contributed by atoms with Gasteiger partial charge < -0.3 is 4.42 Å². The summed E-state index contributed by atoms with van der Waals surface area (Å²) in [4.78, 5) is -0.963. The Kier molecular flexibility index (Phi) is 4.15. The lowest BCUT2D eigenvalue weighted by Crippen LogP contribution is -2.31. The Morgan fingerprint density at radius 3 is 2.29 bits per heavy atom. The molecule has 0 unspecified atom stereocenters. The van der Waals surface area contributed by atoms with Crippen LogP contribution in [0.15, 0.2) is 57.8 Å². The molecule has 0 saturated heterocycles. The molecule has 0 saturated carbocycles. The summed E-state index contributed by atoms with van der Waals surface area (Å²) in [5.74, 6) is -1.86. The summed E-state index contributed by atoms with van der Waals surface area (Å²) in [6.07, 6.45) is 0. The van der Waals surface area contributed by atoms with E-state index >= 15 is 0 Å². The molecule has 0 aliphatic carbocycles. The molecule has 0 amide bonds. The third-order valence-electron chi connectivity index (χ3n) is 3.96. The highest BCUT2D eigenvalue weighted by molar-refractivity contribution is 7.89. The molecule has 0 bridgehead atoms. The Morgan fingerprint density at radius 2 is 1.67 bits per heavy atom. The van der Waals surface area contributed by atoms with Crippen LogP contribution in [0.4, 0.5) is 8.78 Å². The van der Waals surface area contributed by atoms with Gasteiger partial charge >= 0.3 is 0 Å². The molecule has 3 aromatic rings. The van der Waals surface area contributed by atoms with Crippen molar-refractivity contribution in [3.8, 4) is 0 Å². The van der Waals surface area contributed by atoms with Gasteiger partial charge in [0.05, 0.1) is 6.04 Å². The molecule has 1 atom stereocenters. The number of halogens is 2. The lowest BCUT2D eigenvalue weighted by atomic mass is 10.2. The zero-order chi connectivity index (χ0) is 17.5. The number of nitrogens with zero attached hydrogens (tertiary/aromatic N) is 1. The summed E-state index contributed by atoms with van der Waals surface area (Å²) >= 11 is 0. The minimum absolute atomic E-state index is 0.388. The van der Waals surface area contributed by atoms with Crippen molar-refractivity contribution in [2.24, 2.45) is 0 Å². The molecule has 3 rings (SSSR count). The minimum Gasteiger partial charge on any atom is -0.459 e. The van der Waals surface area contributed by atoms with Crippen LogP contribution in [-0.4, -0.2) is 19.8 Å². The maximum absolute atomic E-state index is 13.9. The van der Waals surface area contributed by atoms with Crippen molar-refractivity contribution in [3.05, 3.63) is 65.9 Å². The van der Waals surface area contributed by atoms with Gasteiger partial charge in [0.2, 0.25) is 10.0 Å². The molecule has 2 aromatic carbocycles. The standard InChI is InChI=1S/C17H15F2NO3S/c1-11(16-10-12-6-3-4-9-15(12)23-16)20(2)24(21,22)17-13(18)7-5-8-14(17)19/h3-11H,1-2H3/t11-/m1/s1. The van der Waals surface area contributed by atoms with E-state index in [1.165, 1.54) is 7.05 Å². The van der Waals surface area contributed by atoms with E-state index in [4.69, 9.17) is 4.42 Å². The SMILES string of the molecule is C[C@H](c1cc2ccccc2o1)N(C)S(=O)(=O)c1c(F)cccc1F. The summed E-state index contributed by atoms with van der Waals surface area (Å²) < 4.78 is 59.5. The summed E-state index contributed by atoms with van der Waals surface area (Å²) in [5, 5.41) is 0.822. The van der Waals surface area contributed by atoms with Gasteiger partial charge in [0.1, 0.15) is 23.0 Å². The van der Waals surface area contributed by atoms with Crippen molar-refractivity contribution >= 4 is 21.0 Å². The van der Waals surface area contributed by atoms with Crippen LogP contribution in [-0.2, 0) is 10.0 Å². The quantitative estimate of drug-likeness (QED) is 0.711. The van der Waals surface area contributed by atoms with Crippen molar-refractivity contribution in [1.82, 2.24) is 4.31 Å². The van der Waals surface area contributed by atoms with Crippen molar-refractivity contribution in [1.29, 1.82) is 0 Å². The highest BCUT2D eigenvalue weighted by Gasteiger charge is 2.33. The van der Waals surface area contributed by atoms with Crippen LogP contribution < -0.4 is 0 Å². The second-order valence-electron chi connectivity index (χ2n) is 5.43. The normalized spacial score (nSPS) is 13.5. The highest BCUT2D eigenvalue weighted by atomic mass is 32.2. The molecule has 7 heteroatoms. The summed E-state index contributed by atoms with van der Waals surface area (Å²) in [6.45, 7) is 1.59. The smallest absolute Gasteiger partial charge is 0.249 e. The van der Waals surface area contributed by atoms with E-state index in [2.05, 4.69) is 0 Å². The average molecular weight is 351 g/mol. The lowest BCUT2D eigenvalue weighted by Gasteiger charge is -2.23. The van der Waals surface area contributed by atoms with Gasteiger partial charge in [-0.05, 0) is 31.2 Å². The van der Waals surface area contributed by atoms with Crippen molar-refractivity contribution in [2.45, 2.75) is 17.9 Å². The highest BCUT2D eigenvalue weighted by Crippen LogP contribution is 2.31. The van der Waals surface area contributed by atoms with Gasteiger partial charge in [-0.2, -0.15) is 4.31 Å². The van der Waals surface area contributed by atoms with Gasteiger partial charge in [-0.25, -0.2) is 17.2 Å². The van der Waals surface area contributed by atoms with Crippen molar-refractivity contribution in [2.75, 3.05) is 7.05 Å². The number of para-hydroxylation sites is 1. The first kappa shape index (κ1) is 16.6. The molecule has 1 heterocycles. The van der Waals surface area contributed by atoms with Gasteiger partial charge in [-0.1, -0.05) is 24.3 Å². The second kappa shape index (κ2) is 5.99. The maximum Gasteiger partial charge on any atom is 0.249 e. The largest absolute Gasteiger partial charge is 0.459 e. The first-order chi connectivity index (χ1) is 11.3. The molecular formula is C17H15F2NO3S. The monoisotopic (exact) mass is 351 g/mol. The number of furan rings is 1. The van der Waals surface area contributed by atoms with Crippen molar-refractivity contribution in [3.63, 3.8) is 0 Å². The number of rotatable bonds is 4. The molecular weight excluding hydrogens is 336 g/mol. The second-order valence-corrected chi connectivity index (χ2v) is 7.37. The predicted molar refractivity (Wildman–Crippen MR) is 85.9 cm³/mol. The van der Waals surface area contributed by atoms with Crippen LogP contribution >= 0.6 is 0 Å². The molecule has 0 spiro atoms. The van der Waals surface area contributed by atoms with E-state index in [1.807, 2.05) is 12.1 Å². The van der Waals surface area contributed by atoms with Gasteiger partial charge in [-0.3, -0.25) is 0 Å². The van der Waals surface area contributed by atoms with E-state index in [0.29, 0.717) is 11.3 Å². The number of fused-ring (bicyclic) bond motifs is 1. The molecule has 0 fully saturated rings. The van der Waals surface area contributed by atoms with Gasteiger partial charge in [-0.15, -0.1) is 0 Å². The van der Waals surface area contributed by atoms with Gasteiger partial charge in [0.15, 0.2) is 4.90 Å². The van der Waals surface area contributed by atoms with E-state index in [1.54, 1.807) is 25.1 Å². The third kappa shape index (κ3) is 2.70. The summed E-state index contributed by atoms with van der Waals surface area (Å²) in [7, 11) is -3.10. The summed E-state index contributed by atoms with van der Waals surface area (Å²) in [5.41, 5.74) is 0.613. The van der Waals surface area contributed by atoms with Gasteiger partial charge in [0, 0.05) is 12.4 Å². The Morgan fingerprint density at radius 1 is 1.04 bits per heavy atom. The number of hydrogen-bond donors (Lipinski definition) is 0. The average Bonchev–Trinajstić information content (AvgIpc) is 2.97. The molecule has 0 radical (unpaired) electrons. The fourth-order valence-corrected chi connectivity index (χ4v) is 3.91. The fraction of sp³-hybridized carbons (Fsp3) is 0.176. The molecule has 0 aliphatic heterocycles. The zero-order valence-electron chi connectivity index (χ0n) is 13.0. The molecule has 24 heavy (non-hydrogen) atoms. The van der Waals surface area contributed by atoms with E-state index < -0.39 is 32.6 Å². The molecule has 1 aromatic heterocycles. The first-order valence-corrected chi connectivity index (χ1v) is 8.67. The van der Waals surface area contributed by atoms with Crippen LogP contribution in [0.3, 0.4) is 0 Å². The van der Waals surface area contributed by atoms with Gasteiger partial charge in [0.25, 0.3) is 0 Å². The Labute approximate surface area is 138 Å². The fourth-order valence-electron chi connectivity index (χ4n) is 2.47. The zero-order valence-corrected chi connectivity index (χ0v) is 13.8. The number of sulfonamides is 1.